The summed E-state index contributed by atoms with van der Waals surface area (Å²) in [6, 6.07) is 11.6. The highest BCUT2D eigenvalue weighted by Crippen LogP contribution is 2.28. The zero-order chi connectivity index (χ0) is 20.1. The highest BCUT2D eigenvalue weighted by molar-refractivity contribution is 5.78. The summed E-state index contributed by atoms with van der Waals surface area (Å²) < 4.78 is 5.93. The summed E-state index contributed by atoms with van der Waals surface area (Å²) in [4.78, 5) is 27.8. The van der Waals surface area contributed by atoms with Crippen LogP contribution >= 0.6 is 0 Å². The molecule has 1 saturated heterocycles. The SMILES string of the molecule is Cc1ccccc1Oc1cncc([C@H]2CCCN(C(=O)Cc3cccnc3)C2)n1. The third-order valence-corrected chi connectivity index (χ3v) is 5.21. The second-order valence-electron chi connectivity index (χ2n) is 7.37. The number of hydrogen-bond donors (Lipinski definition) is 0. The summed E-state index contributed by atoms with van der Waals surface area (Å²) >= 11 is 0. The standard InChI is InChI=1S/C23H24N4O2/c1-17-6-2-3-9-21(17)29-22-15-25-14-20(26-22)19-8-5-11-27(16-19)23(28)12-18-7-4-10-24-13-18/h2-4,6-7,9-10,13-15,19H,5,8,11-12,16H2,1H3/t19-/m0/s1. The summed E-state index contributed by atoms with van der Waals surface area (Å²) in [5, 5.41) is 0. The van der Waals surface area contributed by atoms with Gasteiger partial charge in [0.05, 0.1) is 18.3 Å². The third kappa shape index (κ3) is 4.77. The Morgan fingerprint density at radius 3 is 2.86 bits per heavy atom. The zero-order valence-electron chi connectivity index (χ0n) is 16.5. The zero-order valence-corrected chi connectivity index (χ0v) is 16.5. The maximum absolute atomic E-state index is 12.7. The molecular formula is C23H24N4O2. The molecule has 1 aromatic carbocycles. The lowest BCUT2D eigenvalue weighted by Crippen LogP contribution is -2.40. The van der Waals surface area contributed by atoms with Crippen molar-refractivity contribution in [3.8, 4) is 11.6 Å². The van der Waals surface area contributed by atoms with E-state index in [4.69, 9.17) is 4.74 Å². The van der Waals surface area contributed by atoms with Crippen LogP contribution in [0.5, 0.6) is 11.6 Å². The second-order valence-corrected chi connectivity index (χ2v) is 7.37. The van der Waals surface area contributed by atoms with Crippen molar-refractivity contribution >= 4 is 5.91 Å². The van der Waals surface area contributed by atoms with Gasteiger partial charge in [0.2, 0.25) is 11.8 Å². The lowest BCUT2D eigenvalue weighted by molar-refractivity contribution is -0.131. The van der Waals surface area contributed by atoms with Gasteiger partial charge in [-0.15, -0.1) is 0 Å². The molecule has 0 bridgehead atoms. The van der Waals surface area contributed by atoms with Crippen LogP contribution in [0.1, 0.15) is 35.6 Å². The number of carbonyl (C=O) groups is 1. The van der Waals surface area contributed by atoms with Crippen molar-refractivity contribution in [3.63, 3.8) is 0 Å². The summed E-state index contributed by atoms with van der Waals surface area (Å²) in [7, 11) is 0. The number of pyridine rings is 1. The van der Waals surface area contributed by atoms with E-state index in [9.17, 15) is 4.79 Å². The van der Waals surface area contributed by atoms with Gasteiger partial charge in [-0.1, -0.05) is 24.3 Å². The Hall–Kier alpha value is -3.28. The van der Waals surface area contributed by atoms with Gasteiger partial charge in [-0.3, -0.25) is 14.8 Å². The number of likely N-dealkylation sites (tertiary alicyclic amines) is 1. The number of aromatic nitrogens is 3. The Morgan fingerprint density at radius 1 is 1.14 bits per heavy atom. The number of hydrogen-bond acceptors (Lipinski definition) is 5. The summed E-state index contributed by atoms with van der Waals surface area (Å²) in [6.45, 7) is 3.43. The van der Waals surface area contributed by atoms with Crippen LogP contribution in [0, 0.1) is 6.92 Å². The molecule has 6 nitrogen and oxygen atoms in total. The number of carbonyl (C=O) groups excluding carboxylic acids is 1. The number of para-hydroxylation sites is 1. The van der Waals surface area contributed by atoms with Gasteiger partial charge < -0.3 is 9.64 Å². The van der Waals surface area contributed by atoms with Crippen molar-refractivity contribution in [1.82, 2.24) is 19.9 Å². The minimum absolute atomic E-state index is 0.128. The summed E-state index contributed by atoms with van der Waals surface area (Å²) in [5.41, 5.74) is 2.85. The molecule has 0 aliphatic carbocycles. The van der Waals surface area contributed by atoms with E-state index in [2.05, 4.69) is 15.0 Å². The van der Waals surface area contributed by atoms with Crippen LogP contribution in [-0.4, -0.2) is 38.8 Å². The minimum Gasteiger partial charge on any atom is -0.437 e. The first kappa shape index (κ1) is 19.1. The van der Waals surface area contributed by atoms with Crippen molar-refractivity contribution in [2.75, 3.05) is 13.1 Å². The average molecular weight is 388 g/mol. The molecule has 6 heteroatoms. The van der Waals surface area contributed by atoms with E-state index in [-0.39, 0.29) is 11.8 Å². The fourth-order valence-corrected chi connectivity index (χ4v) is 3.63. The predicted molar refractivity (Wildman–Crippen MR) is 110 cm³/mol. The number of aryl methyl sites for hydroxylation is 1. The first-order valence-electron chi connectivity index (χ1n) is 9.91. The van der Waals surface area contributed by atoms with Gasteiger partial charge in [0, 0.05) is 37.6 Å². The first-order chi connectivity index (χ1) is 14.2. The molecule has 3 aromatic rings. The van der Waals surface area contributed by atoms with Gasteiger partial charge in [-0.25, -0.2) is 4.98 Å². The van der Waals surface area contributed by atoms with E-state index in [1.807, 2.05) is 48.2 Å². The number of rotatable bonds is 5. The van der Waals surface area contributed by atoms with E-state index < -0.39 is 0 Å². The molecule has 1 aliphatic heterocycles. The van der Waals surface area contributed by atoms with Crippen LogP contribution in [0.15, 0.2) is 61.2 Å². The van der Waals surface area contributed by atoms with Gasteiger partial charge in [-0.05, 0) is 43.0 Å². The van der Waals surface area contributed by atoms with Gasteiger partial charge in [0.15, 0.2) is 0 Å². The Morgan fingerprint density at radius 2 is 2.03 bits per heavy atom. The molecule has 0 N–H and O–H groups in total. The number of nitrogens with zero attached hydrogens (tertiary/aromatic N) is 4. The van der Waals surface area contributed by atoms with E-state index in [1.165, 1.54) is 0 Å². The van der Waals surface area contributed by atoms with Gasteiger partial charge >= 0.3 is 0 Å². The molecule has 1 fully saturated rings. The highest BCUT2D eigenvalue weighted by atomic mass is 16.5. The molecule has 0 radical (unpaired) electrons. The van der Waals surface area contributed by atoms with Crippen LogP contribution in [-0.2, 0) is 11.2 Å². The van der Waals surface area contributed by atoms with Crippen LogP contribution in [0.3, 0.4) is 0 Å². The topological polar surface area (TPSA) is 68.2 Å². The number of ether oxygens (including phenoxy) is 1. The average Bonchev–Trinajstić information content (AvgIpc) is 2.76. The Balaban J connectivity index is 1.44. The fourth-order valence-electron chi connectivity index (χ4n) is 3.63. The van der Waals surface area contributed by atoms with Crippen LogP contribution in [0.25, 0.3) is 0 Å². The van der Waals surface area contributed by atoms with Crippen molar-refractivity contribution < 1.29 is 9.53 Å². The normalized spacial score (nSPS) is 16.4. The number of amides is 1. The van der Waals surface area contributed by atoms with E-state index >= 15 is 0 Å². The van der Waals surface area contributed by atoms with Gasteiger partial charge in [0.1, 0.15) is 5.75 Å². The molecule has 148 valence electrons. The van der Waals surface area contributed by atoms with Crippen molar-refractivity contribution in [3.05, 3.63) is 78.0 Å². The summed E-state index contributed by atoms with van der Waals surface area (Å²) in [5.74, 6) is 1.55. The third-order valence-electron chi connectivity index (χ3n) is 5.21. The molecule has 0 unspecified atom stereocenters. The predicted octanol–water partition coefficient (Wildman–Crippen LogP) is 3.92. The van der Waals surface area contributed by atoms with E-state index in [1.54, 1.807) is 24.8 Å². The second kappa shape index (κ2) is 8.82. The van der Waals surface area contributed by atoms with Crippen LogP contribution < -0.4 is 4.74 Å². The molecule has 2 aromatic heterocycles. The molecule has 0 spiro atoms. The fraction of sp³-hybridized carbons (Fsp3) is 0.304. The van der Waals surface area contributed by atoms with Crippen molar-refractivity contribution in [2.24, 2.45) is 0 Å². The Labute approximate surface area is 170 Å². The quantitative estimate of drug-likeness (QED) is 0.663. The largest absolute Gasteiger partial charge is 0.437 e. The molecule has 1 atom stereocenters. The van der Waals surface area contributed by atoms with Crippen LogP contribution in [0.4, 0.5) is 0 Å². The van der Waals surface area contributed by atoms with Crippen LogP contribution in [0.2, 0.25) is 0 Å². The van der Waals surface area contributed by atoms with E-state index in [0.717, 1.165) is 42.0 Å². The Kier molecular flexibility index (Phi) is 5.79. The number of benzene rings is 1. The monoisotopic (exact) mass is 388 g/mol. The van der Waals surface area contributed by atoms with Gasteiger partial charge in [0.25, 0.3) is 0 Å². The van der Waals surface area contributed by atoms with E-state index in [0.29, 0.717) is 18.8 Å². The number of piperidine rings is 1. The molecule has 4 rings (SSSR count). The summed E-state index contributed by atoms with van der Waals surface area (Å²) in [6.07, 6.45) is 9.19. The molecule has 29 heavy (non-hydrogen) atoms. The lowest BCUT2D eigenvalue weighted by atomic mass is 9.94. The Bertz CT molecular complexity index is 977. The maximum atomic E-state index is 12.7. The molecule has 1 aliphatic rings. The van der Waals surface area contributed by atoms with Crippen molar-refractivity contribution in [2.45, 2.75) is 32.1 Å². The smallest absolute Gasteiger partial charge is 0.238 e. The maximum Gasteiger partial charge on any atom is 0.238 e. The highest BCUT2D eigenvalue weighted by Gasteiger charge is 2.26. The van der Waals surface area contributed by atoms with Gasteiger partial charge in [-0.2, -0.15) is 0 Å². The molecule has 1 amide bonds. The molecular weight excluding hydrogens is 364 g/mol. The minimum atomic E-state index is 0.128. The first-order valence-corrected chi connectivity index (χ1v) is 9.91. The molecule has 3 heterocycles. The molecule has 0 saturated carbocycles. The lowest BCUT2D eigenvalue weighted by Gasteiger charge is -2.32. The van der Waals surface area contributed by atoms with Crippen molar-refractivity contribution in [1.29, 1.82) is 0 Å².